The Kier molecular flexibility index (Phi) is 6.61. The molecule has 0 aromatic rings. The molecule has 1 N–H and O–H groups in total. The highest BCUT2D eigenvalue weighted by molar-refractivity contribution is 6.45. The summed E-state index contributed by atoms with van der Waals surface area (Å²) in [7, 11) is 4.11. The first kappa shape index (κ1) is 20.7. The molecule has 1 saturated carbocycles. The number of hydrogen-bond donors (Lipinski definition) is 1. The summed E-state index contributed by atoms with van der Waals surface area (Å²) in [6.45, 7) is 11.1. The van der Waals surface area contributed by atoms with Gasteiger partial charge < -0.3 is 19.5 Å². The molecular weight excluding hydrogens is 315 g/mol. The van der Waals surface area contributed by atoms with Crippen LogP contribution in [0.25, 0.3) is 0 Å². The molecule has 1 aliphatic carbocycles. The average Bonchev–Trinajstić information content (AvgIpc) is 2.66. The Morgan fingerprint density at radius 3 is 2.28 bits per heavy atom. The highest BCUT2D eigenvalue weighted by atomic mass is 16.7. The van der Waals surface area contributed by atoms with Crippen molar-refractivity contribution < 1.29 is 14.1 Å². The number of carbonyl (C=O) groups is 1. The Hall–Kier alpha value is -0.585. The lowest BCUT2D eigenvalue weighted by molar-refractivity contribution is -0.120. The second-order valence-corrected chi connectivity index (χ2v) is 9.27. The number of amides is 1. The molecule has 0 aromatic heterocycles. The topological polar surface area (TPSA) is 50.8 Å². The number of nitrogens with zero attached hydrogens (tertiary/aromatic N) is 1. The monoisotopic (exact) mass is 352 g/mol. The van der Waals surface area contributed by atoms with Crippen LogP contribution in [-0.2, 0) is 14.1 Å². The third-order valence-corrected chi connectivity index (χ3v) is 6.20. The van der Waals surface area contributed by atoms with Crippen LogP contribution in [0.1, 0.15) is 60.3 Å². The summed E-state index contributed by atoms with van der Waals surface area (Å²) in [6.07, 6.45) is 5.51. The van der Waals surface area contributed by atoms with E-state index >= 15 is 0 Å². The molecule has 0 spiro atoms. The molecule has 6 heteroatoms. The first-order valence-electron chi connectivity index (χ1n) is 9.77. The Morgan fingerprint density at radius 2 is 1.76 bits per heavy atom. The average molecular weight is 352 g/mol. The fourth-order valence-electron chi connectivity index (χ4n) is 4.16. The van der Waals surface area contributed by atoms with Gasteiger partial charge in [-0.15, -0.1) is 0 Å². The van der Waals surface area contributed by atoms with Crippen molar-refractivity contribution in [3.8, 4) is 0 Å². The minimum Gasteiger partial charge on any atom is -0.403 e. The number of carbonyl (C=O) groups excluding carboxylic acids is 1. The first-order chi connectivity index (χ1) is 11.5. The van der Waals surface area contributed by atoms with Crippen LogP contribution in [0.3, 0.4) is 0 Å². The Morgan fingerprint density at radius 1 is 1.16 bits per heavy atom. The van der Waals surface area contributed by atoms with Crippen molar-refractivity contribution in [2.45, 2.75) is 83.9 Å². The van der Waals surface area contributed by atoms with Crippen LogP contribution < -0.4 is 5.32 Å². The Labute approximate surface area is 154 Å². The lowest BCUT2D eigenvalue weighted by Crippen LogP contribution is -2.46. The third-order valence-electron chi connectivity index (χ3n) is 6.20. The SMILES string of the molecule is CC(=O)N[C@H]1C[C@H](CCB2OC(C)(C)C(C)(C)O2)CC[C@H]1CN(C)C. The van der Waals surface area contributed by atoms with Crippen molar-refractivity contribution in [1.82, 2.24) is 10.2 Å². The van der Waals surface area contributed by atoms with Gasteiger partial charge in [0.25, 0.3) is 0 Å². The lowest BCUT2D eigenvalue weighted by Gasteiger charge is -2.38. The maximum Gasteiger partial charge on any atom is 0.457 e. The largest absolute Gasteiger partial charge is 0.457 e. The van der Waals surface area contributed by atoms with Crippen LogP contribution in [-0.4, -0.2) is 55.8 Å². The summed E-state index contributed by atoms with van der Waals surface area (Å²) >= 11 is 0. The minimum absolute atomic E-state index is 0.0837. The maximum atomic E-state index is 11.6. The smallest absolute Gasteiger partial charge is 0.403 e. The third kappa shape index (κ3) is 5.44. The van der Waals surface area contributed by atoms with Crippen molar-refractivity contribution in [1.29, 1.82) is 0 Å². The highest BCUT2D eigenvalue weighted by Gasteiger charge is 2.50. The van der Waals surface area contributed by atoms with E-state index in [2.05, 4.69) is 52.0 Å². The molecule has 144 valence electrons. The van der Waals surface area contributed by atoms with Crippen LogP contribution >= 0.6 is 0 Å². The maximum absolute atomic E-state index is 11.6. The van der Waals surface area contributed by atoms with Crippen LogP contribution in [0, 0.1) is 11.8 Å². The van der Waals surface area contributed by atoms with E-state index in [9.17, 15) is 4.79 Å². The van der Waals surface area contributed by atoms with Crippen molar-refractivity contribution in [3.05, 3.63) is 0 Å². The molecule has 5 nitrogen and oxygen atoms in total. The van der Waals surface area contributed by atoms with Gasteiger partial charge in [-0.25, -0.2) is 0 Å². The zero-order valence-corrected chi connectivity index (χ0v) is 17.2. The van der Waals surface area contributed by atoms with Crippen LogP contribution in [0.15, 0.2) is 0 Å². The van der Waals surface area contributed by atoms with Crippen molar-refractivity contribution in [3.63, 3.8) is 0 Å². The number of nitrogens with one attached hydrogen (secondary N) is 1. The second-order valence-electron chi connectivity index (χ2n) is 9.27. The first-order valence-corrected chi connectivity index (χ1v) is 9.77. The molecule has 2 fully saturated rings. The van der Waals surface area contributed by atoms with Gasteiger partial charge in [-0.3, -0.25) is 4.79 Å². The molecular formula is C19H37BN2O3. The summed E-state index contributed by atoms with van der Waals surface area (Å²) in [5.41, 5.74) is -0.500. The predicted octanol–water partition coefficient (Wildman–Crippen LogP) is 2.95. The van der Waals surface area contributed by atoms with Crippen molar-refractivity contribution in [2.24, 2.45) is 11.8 Å². The molecule has 0 radical (unpaired) electrons. The van der Waals surface area contributed by atoms with E-state index in [1.165, 1.54) is 12.8 Å². The summed E-state index contributed by atoms with van der Waals surface area (Å²) in [5, 5.41) is 3.19. The van der Waals surface area contributed by atoms with Crippen molar-refractivity contribution in [2.75, 3.05) is 20.6 Å². The van der Waals surface area contributed by atoms with Gasteiger partial charge in [0.2, 0.25) is 5.91 Å². The molecule has 1 heterocycles. The quantitative estimate of drug-likeness (QED) is 0.747. The van der Waals surface area contributed by atoms with Gasteiger partial charge in [-0.1, -0.05) is 12.8 Å². The highest BCUT2D eigenvalue weighted by Crippen LogP contribution is 2.39. The Bertz CT molecular complexity index is 452. The van der Waals surface area contributed by atoms with Gasteiger partial charge >= 0.3 is 7.12 Å². The number of rotatable bonds is 6. The molecule has 0 bridgehead atoms. The summed E-state index contributed by atoms with van der Waals surface area (Å²) in [4.78, 5) is 13.8. The van der Waals surface area contributed by atoms with E-state index in [-0.39, 0.29) is 30.3 Å². The van der Waals surface area contributed by atoms with Crippen molar-refractivity contribution >= 4 is 13.0 Å². The zero-order valence-electron chi connectivity index (χ0n) is 17.2. The standard InChI is InChI=1S/C19H37BN2O3/c1-14(23)21-17-12-15(8-9-16(17)13-22(6)7)10-11-20-24-18(2,3)19(4,5)25-20/h15-17H,8-13H2,1-7H3,(H,21,23)/t15-,16-,17-/m0/s1. The molecule has 2 rings (SSSR count). The molecule has 1 aliphatic heterocycles. The van der Waals surface area contributed by atoms with E-state index < -0.39 is 0 Å². The molecule has 1 saturated heterocycles. The number of hydrogen-bond acceptors (Lipinski definition) is 4. The van der Waals surface area contributed by atoms with E-state index in [0.717, 1.165) is 25.7 Å². The Balaban J connectivity index is 1.86. The summed E-state index contributed by atoms with van der Waals surface area (Å²) in [5.74, 6) is 1.27. The second kappa shape index (κ2) is 7.97. The van der Waals surface area contributed by atoms with E-state index in [1.54, 1.807) is 6.92 Å². The van der Waals surface area contributed by atoms with E-state index in [1.807, 2.05) is 0 Å². The molecule has 3 atom stereocenters. The van der Waals surface area contributed by atoms with Gasteiger partial charge in [0.15, 0.2) is 0 Å². The summed E-state index contributed by atoms with van der Waals surface area (Å²) < 4.78 is 12.2. The van der Waals surface area contributed by atoms with Crippen LogP contribution in [0.2, 0.25) is 6.32 Å². The predicted molar refractivity (Wildman–Crippen MR) is 102 cm³/mol. The van der Waals surface area contributed by atoms with Gasteiger partial charge in [0, 0.05) is 19.5 Å². The van der Waals surface area contributed by atoms with Crippen LogP contribution in [0.4, 0.5) is 0 Å². The minimum atomic E-state index is -0.250. The summed E-state index contributed by atoms with van der Waals surface area (Å²) in [6, 6.07) is 0.289. The van der Waals surface area contributed by atoms with Gasteiger partial charge in [-0.2, -0.15) is 0 Å². The molecule has 2 aliphatic rings. The van der Waals surface area contributed by atoms with E-state index in [0.29, 0.717) is 11.8 Å². The van der Waals surface area contributed by atoms with Gasteiger partial charge in [0.05, 0.1) is 11.2 Å². The molecule has 1 amide bonds. The fraction of sp³-hybridized carbons (Fsp3) is 0.947. The molecule has 25 heavy (non-hydrogen) atoms. The van der Waals surface area contributed by atoms with Crippen LogP contribution in [0.5, 0.6) is 0 Å². The zero-order chi connectivity index (χ0) is 18.8. The lowest BCUT2D eigenvalue weighted by atomic mass is 9.72. The molecule has 0 aromatic carbocycles. The fourth-order valence-corrected chi connectivity index (χ4v) is 4.16. The molecule has 0 unspecified atom stereocenters. The normalized spacial score (nSPS) is 31.4. The van der Waals surface area contributed by atoms with Gasteiger partial charge in [-0.05, 0) is 72.8 Å². The van der Waals surface area contributed by atoms with Gasteiger partial charge in [0.1, 0.15) is 0 Å². The van der Waals surface area contributed by atoms with E-state index in [4.69, 9.17) is 9.31 Å².